The van der Waals surface area contributed by atoms with Gasteiger partial charge in [-0.3, -0.25) is 4.90 Å². The molecule has 1 atom stereocenters. The number of nitrogens with one attached hydrogen (secondary N) is 2. The lowest BCUT2D eigenvalue weighted by molar-refractivity contribution is -0.182. The fourth-order valence-electron chi connectivity index (χ4n) is 2.79. The fourth-order valence-corrected chi connectivity index (χ4v) is 3.80. The first kappa shape index (κ1) is 19.0. The van der Waals surface area contributed by atoms with E-state index in [-0.39, 0.29) is 23.7 Å². The van der Waals surface area contributed by atoms with Crippen LogP contribution in [0.25, 0.3) is 11.1 Å². The summed E-state index contributed by atoms with van der Waals surface area (Å²) >= 11 is 0. The SMILES string of the molecule is Cc1noc2ncc(S(=O)(=O)NCC(N3CCNCC3)C(F)(F)F)cc12. The molecule has 2 aromatic rings. The lowest BCUT2D eigenvalue weighted by atomic mass is 10.2. The second-order valence-electron chi connectivity index (χ2n) is 5.99. The van der Waals surface area contributed by atoms with E-state index in [9.17, 15) is 21.6 Å². The van der Waals surface area contributed by atoms with Crippen molar-refractivity contribution in [3.63, 3.8) is 0 Å². The average Bonchev–Trinajstić information content (AvgIpc) is 2.95. The quantitative estimate of drug-likeness (QED) is 0.769. The second-order valence-corrected chi connectivity index (χ2v) is 7.75. The molecule has 0 bridgehead atoms. The van der Waals surface area contributed by atoms with Crippen molar-refractivity contribution in [1.82, 2.24) is 25.1 Å². The van der Waals surface area contributed by atoms with E-state index in [1.54, 1.807) is 6.92 Å². The number of sulfonamides is 1. The van der Waals surface area contributed by atoms with Gasteiger partial charge in [-0.05, 0) is 13.0 Å². The molecule has 12 heteroatoms. The summed E-state index contributed by atoms with van der Waals surface area (Å²) in [6.45, 7) is 2.08. The van der Waals surface area contributed by atoms with Crippen LogP contribution in [0.15, 0.2) is 21.7 Å². The van der Waals surface area contributed by atoms with Crippen LogP contribution in [0.2, 0.25) is 0 Å². The Bertz CT molecular complexity index is 878. The maximum atomic E-state index is 13.4. The second kappa shape index (κ2) is 7.10. The van der Waals surface area contributed by atoms with E-state index in [1.807, 2.05) is 0 Å². The smallest absolute Gasteiger partial charge is 0.336 e. The van der Waals surface area contributed by atoms with Crippen molar-refractivity contribution in [3.8, 4) is 0 Å². The van der Waals surface area contributed by atoms with Gasteiger partial charge in [-0.2, -0.15) is 13.2 Å². The summed E-state index contributed by atoms with van der Waals surface area (Å²) in [5.41, 5.74) is 0.606. The number of nitrogens with zero attached hydrogens (tertiary/aromatic N) is 3. The summed E-state index contributed by atoms with van der Waals surface area (Å²) in [6.07, 6.45) is -3.52. The molecule has 8 nitrogen and oxygen atoms in total. The van der Waals surface area contributed by atoms with Gasteiger partial charge in [0.25, 0.3) is 5.71 Å². The number of rotatable bonds is 5. The van der Waals surface area contributed by atoms with Crippen LogP contribution >= 0.6 is 0 Å². The molecular formula is C14H18F3N5O3S. The van der Waals surface area contributed by atoms with Gasteiger partial charge in [-0.25, -0.2) is 18.1 Å². The van der Waals surface area contributed by atoms with Gasteiger partial charge in [0.05, 0.1) is 17.3 Å². The molecule has 1 aliphatic heterocycles. The molecule has 3 rings (SSSR count). The molecule has 1 aliphatic rings. The summed E-state index contributed by atoms with van der Waals surface area (Å²) < 4.78 is 71.9. The highest BCUT2D eigenvalue weighted by molar-refractivity contribution is 7.89. The maximum absolute atomic E-state index is 13.4. The first-order chi connectivity index (χ1) is 12.2. The molecule has 1 unspecified atom stereocenters. The van der Waals surface area contributed by atoms with Crippen molar-refractivity contribution in [2.75, 3.05) is 32.7 Å². The Morgan fingerprint density at radius 3 is 2.73 bits per heavy atom. The summed E-state index contributed by atoms with van der Waals surface area (Å²) in [6, 6.07) is -0.613. The van der Waals surface area contributed by atoms with Gasteiger partial charge < -0.3 is 9.84 Å². The van der Waals surface area contributed by atoms with Crippen molar-refractivity contribution in [3.05, 3.63) is 18.0 Å². The van der Waals surface area contributed by atoms with Crippen molar-refractivity contribution in [2.45, 2.75) is 24.0 Å². The molecule has 0 radical (unpaired) electrons. The van der Waals surface area contributed by atoms with Crippen LogP contribution in [-0.4, -0.2) is 68.4 Å². The summed E-state index contributed by atoms with van der Waals surface area (Å²) in [5, 5.41) is 7.03. The average molecular weight is 393 g/mol. The van der Waals surface area contributed by atoms with Crippen molar-refractivity contribution in [2.24, 2.45) is 0 Å². The monoisotopic (exact) mass is 393 g/mol. The van der Waals surface area contributed by atoms with E-state index in [0.717, 1.165) is 6.20 Å². The number of fused-ring (bicyclic) bond motifs is 1. The summed E-state index contributed by atoms with van der Waals surface area (Å²) in [5.74, 6) is 0. The van der Waals surface area contributed by atoms with Crippen molar-refractivity contribution in [1.29, 1.82) is 0 Å². The van der Waals surface area contributed by atoms with E-state index in [2.05, 4.69) is 20.2 Å². The van der Waals surface area contributed by atoms with Gasteiger partial charge in [-0.1, -0.05) is 5.16 Å². The number of pyridine rings is 1. The number of alkyl halides is 3. The normalized spacial score (nSPS) is 18.3. The van der Waals surface area contributed by atoms with E-state index in [0.29, 0.717) is 24.2 Å². The Hall–Kier alpha value is -1.76. The van der Waals surface area contributed by atoms with Gasteiger partial charge in [0.15, 0.2) is 0 Å². The minimum absolute atomic E-state index is 0.162. The summed E-state index contributed by atoms with van der Waals surface area (Å²) in [4.78, 5) is 4.83. The molecule has 0 saturated carbocycles. The minimum atomic E-state index is -4.55. The number of aryl methyl sites for hydroxylation is 1. The van der Waals surface area contributed by atoms with Crippen molar-refractivity contribution < 1.29 is 26.1 Å². The zero-order chi connectivity index (χ0) is 18.9. The van der Waals surface area contributed by atoms with E-state index < -0.39 is 28.8 Å². The Morgan fingerprint density at radius 1 is 1.38 bits per heavy atom. The van der Waals surface area contributed by atoms with E-state index in [4.69, 9.17) is 4.52 Å². The van der Waals surface area contributed by atoms with Crippen LogP contribution in [0.4, 0.5) is 13.2 Å². The summed E-state index contributed by atoms with van der Waals surface area (Å²) in [7, 11) is -4.16. The van der Waals surface area contributed by atoms with Crippen LogP contribution in [0, 0.1) is 6.92 Å². The molecule has 0 aliphatic carbocycles. The first-order valence-electron chi connectivity index (χ1n) is 7.91. The Kier molecular flexibility index (Phi) is 5.19. The Labute approximate surface area is 147 Å². The van der Waals surface area contributed by atoms with Gasteiger partial charge in [-0.15, -0.1) is 0 Å². The van der Waals surface area contributed by atoms with Crippen LogP contribution in [-0.2, 0) is 10.0 Å². The molecule has 2 N–H and O–H groups in total. The zero-order valence-corrected chi connectivity index (χ0v) is 14.7. The predicted molar refractivity (Wildman–Crippen MR) is 86.0 cm³/mol. The molecule has 3 heterocycles. The third kappa shape index (κ3) is 3.98. The molecule has 1 saturated heterocycles. The highest BCUT2D eigenvalue weighted by atomic mass is 32.2. The highest BCUT2D eigenvalue weighted by Gasteiger charge is 2.44. The highest BCUT2D eigenvalue weighted by Crippen LogP contribution is 2.25. The van der Waals surface area contributed by atoms with Crippen molar-refractivity contribution >= 4 is 21.1 Å². The van der Waals surface area contributed by atoms with Gasteiger partial charge in [0.2, 0.25) is 10.0 Å². The van der Waals surface area contributed by atoms with Gasteiger partial charge >= 0.3 is 6.18 Å². The van der Waals surface area contributed by atoms with Gasteiger partial charge in [0.1, 0.15) is 10.9 Å². The zero-order valence-electron chi connectivity index (χ0n) is 13.9. The molecule has 1 fully saturated rings. The molecule has 26 heavy (non-hydrogen) atoms. The molecule has 0 amide bonds. The van der Waals surface area contributed by atoms with Gasteiger partial charge in [0, 0.05) is 32.7 Å². The predicted octanol–water partition coefficient (Wildman–Crippen LogP) is 0.646. The van der Waals surface area contributed by atoms with E-state index in [1.165, 1.54) is 11.0 Å². The fraction of sp³-hybridized carbons (Fsp3) is 0.571. The third-order valence-corrected chi connectivity index (χ3v) is 5.62. The number of hydrogen-bond donors (Lipinski definition) is 2. The Morgan fingerprint density at radius 2 is 2.08 bits per heavy atom. The molecule has 0 spiro atoms. The lowest BCUT2D eigenvalue weighted by Crippen LogP contribution is -2.57. The standard InChI is InChI=1S/C14H18F3N5O3S/c1-9-11-6-10(7-19-13(11)25-21-9)26(23,24)20-8-12(14(15,16)17)22-4-2-18-3-5-22/h6-7,12,18,20H,2-5,8H2,1H3. The number of piperazine rings is 1. The molecular weight excluding hydrogens is 375 g/mol. The largest absolute Gasteiger partial charge is 0.405 e. The minimum Gasteiger partial charge on any atom is -0.336 e. The number of halogens is 3. The van der Waals surface area contributed by atoms with E-state index >= 15 is 0 Å². The van der Waals surface area contributed by atoms with Crippen LogP contribution in [0.1, 0.15) is 5.69 Å². The molecule has 144 valence electrons. The topological polar surface area (TPSA) is 100 Å². The molecule has 0 aromatic carbocycles. The first-order valence-corrected chi connectivity index (χ1v) is 9.40. The maximum Gasteiger partial charge on any atom is 0.405 e. The number of hydrogen-bond acceptors (Lipinski definition) is 7. The van der Waals surface area contributed by atoms with Crippen LogP contribution < -0.4 is 10.0 Å². The third-order valence-electron chi connectivity index (χ3n) is 4.23. The Balaban J connectivity index is 1.79. The number of aromatic nitrogens is 2. The van der Waals surface area contributed by atoms with Crippen LogP contribution in [0.5, 0.6) is 0 Å². The molecule has 2 aromatic heterocycles. The van der Waals surface area contributed by atoms with Crippen LogP contribution in [0.3, 0.4) is 0 Å². The lowest BCUT2D eigenvalue weighted by Gasteiger charge is -2.35.